The number of aromatic nitrogens is 3. The Balaban J connectivity index is 2.03. The monoisotopic (exact) mass is 325 g/mol. The number of carbonyl (C=O) groups excluding carboxylic acids is 1. The Kier molecular flexibility index (Phi) is 4.00. The van der Waals surface area contributed by atoms with Gasteiger partial charge in [-0.25, -0.2) is 4.68 Å². The van der Waals surface area contributed by atoms with Gasteiger partial charge in [-0.1, -0.05) is 6.07 Å². The third-order valence-corrected chi connectivity index (χ3v) is 2.88. The lowest BCUT2D eigenvalue weighted by Crippen LogP contribution is -2.19. The third-order valence-electron chi connectivity index (χ3n) is 2.29. The number of hydrogen-bond acceptors (Lipinski definition) is 5. The standard InChI is InChI=1S/C11H12BrN5O2/c1-19-8-4-2-3-7(5-8)14-9(18)6-17-10(12)15-11(13)16-17/h2-5H,6H2,1H3,(H2,13,16)(H,14,18). The molecule has 1 aromatic heterocycles. The molecule has 0 atom stereocenters. The largest absolute Gasteiger partial charge is 0.497 e. The van der Waals surface area contributed by atoms with Crippen molar-refractivity contribution in [3.8, 4) is 5.75 Å². The maximum atomic E-state index is 11.8. The summed E-state index contributed by atoms with van der Waals surface area (Å²) < 4.78 is 6.85. The van der Waals surface area contributed by atoms with E-state index in [9.17, 15) is 4.79 Å². The van der Waals surface area contributed by atoms with Crippen molar-refractivity contribution in [3.63, 3.8) is 0 Å². The van der Waals surface area contributed by atoms with Crippen molar-refractivity contribution in [3.05, 3.63) is 29.0 Å². The highest BCUT2D eigenvalue weighted by atomic mass is 79.9. The van der Waals surface area contributed by atoms with Crippen LogP contribution in [-0.4, -0.2) is 27.8 Å². The Hall–Kier alpha value is -2.09. The molecular formula is C11H12BrN5O2. The summed E-state index contributed by atoms with van der Waals surface area (Å²) in [5, 5.41) is 6.61. The van der Waals surface area contributed by atoms with Crippen LogP contribution < -0.4 is 15.8 Å². The second kappa shape index (κ2) is 5.70. The van der Waals surface area contributed by atoms with Crippen molar-refractivity contribution >= 4 is 33.5 Å². The molecule has 0 saturated heterocycles. The molecule has 0 unspecified atom stereocenters. The molecule has 3 N–H and O–H groups in total. The molecule has 0 saturated carbocycles. The lowest BCUT2D eigenvalue weighted by Gasteiger charge is -2.07. The van der Waals surface area contributed by atoms with E-state index in [0.29, 0.717) is 16.2 Å². The summed E-state index contributed by atoms with van der Waals surface area (Å²) in [6.45, 7) is 0.0159. The Bertz CT molecular complexity index is 599. The molecule has 8 heteroatoms. The number of nitrogens with one attached hydrogen (secondary N) is 1. The summed E-state index contributed by atoms with van der Waals surface area (Å²) in [5.41, 5.74) is 6.07. The van der Waals surface area contributed by atoms with Gasteiger partial charge in [0.15, 0.2) is 4.73 Å². The van der Waals surface area contributed by atoms with Crippen LogP contribution in [0.25, 0.3) is 0 Å². The second-order valence-electron chi connectivity index (χ2n) is 3.68. The van der Waals surface area contributed by atoms with Gasteiger partial charge >= 0.3 is 0 Å². The van der Waals surface area contributed by atoms with Gasteiger partial charge in [0.2, 0.25) is 11.9 Å². The van der Waals surface area contributed by atoms with Crippen molar-refractivity contribution in [1.82, 2.24) is 14.8 Å². The number of methoxy groups -OCH3 is 1. The minimum atomic E-state index is -0.237. The molecule has 0 fully saturated rings. The number of amides is 1. The van der Waals surface area contributed by atoms with E-state index >= 15 is 0 Å². The lowest BCUT2D eigenvalue weighted by atomic mass is 10.3. The molecule has 0 aliphatic carbocycles. The van der Waals surface area contributed by atoms with Gasteiger partial charge in [0.05, 0.1) is 7.11 Å². The van der Waals surface area contributed by atoms with Gasteiger partial charge in [0, 0.05) is 11.8 Å². The van der Waals surface area contributed by atoms with Gasteiger partial charge in [-0.15, -0.1) is 5.10 Å². The molecule has 1 aromatic carbocycles. The van der Waals surface area contributed by atoms with Crippen LogP contribution in [0.5, 0.6) is 5.75 Å². The summed E-state index contributed by atoms with van der Waals surface area (Å²) in [6, 6.07) is 7.08. The van der Waals surface area contributed by atoms with E-state index in [0.717, 1.165) is 0 Å². The van der Waals surface area contributed by atoms with Crippen LogP contribution >= 0.6 is 15.9 Å². The van der Waals surface area contributed by atoms with E-state index in [-0.39, 0.29) is 18.4 Å². The molecule has 1 amide bonds. The zero-order chi connectivity index (χ0) is 13.8. The zero-order valence-electron chi connectivity index (χ0n) is 10.1. The molecule has 2 rings (SSSR count). The van der Waals surface area contributed by atoms with Crippen LogP contribution in [0, 0.1) is 0 Å². The molecule has 100 valence electrons. The van der Waals surface area contributed by atoms with Gasteiger partial charge in [-0.05, 0) is 28.1 Å². The number of anilines is 2. The molecule has 0 spiro atoms. The first-order valence-electron chi connectivity index (χ1n) is 5.38. The minimum Gasteiger partial charge on any atom is -0.497 e. The fourth-order valence-corrected chi connectivity index (χ4v) is 1.86. The molecule has 0 aliphatic rings. The number of ether oxygens (including phenoxy) is 1. The van der Waals surface area contributed by atoms with E-state index < -0.39 is 0 Å². The number of nitrogens with two attached hydrogens (primary N) is 1. The predicted octanol–water partition coefficient (Wildman–Crippen LogP) is 1.27. The number of hydrogen-bond donors (Lipinski definition) is 2. The lowest BCUT2D eigenvalue weighted by molar-refractivity contribution is -0.116. The molecule has 0 radical (unpaired) electrons. The van der Waals surface area contributed by atoms with Gasteiger partial charge in [-0.3, -0.25) is 4.79 Å². The maximum Gasteiger partial charge on any atom is 0.246 e. The minimum absolute atomic E-state index is 0.0159. The third kappa shape index (κ3) is 3.44. The van der Waals surface area contributed by atoms with Crippen LogP contribution in [0.2, 0.25) is 0 Å². The first kappa shape index (κ1) is 13.3. The zero-order valence-corrected chi connectivity index (χ0v) is 11.7. The van der Waals surface area contributed by atoms with Crippen molar-refractivity contribution in [2.75, 3.05) is 18.2 Å². The molecular weight excluding hydrogens is 314 g/mol. The SMILES string of the molecule is COc1cccc(NC(=O)Cn2nc(N)nc2Br)c1. The number of nitrogen functional groups attached to an aromatic ring is 1. The van der Waals surface area contributed by atoms with E-state index in [1.807, 2.05) is 0 Å². The smallest absolute Gasteiger partial charge is 0.246 e. The number of halogens is 1. The van der Waals surface area contributed by atoms with Crippen molar-refractivity contribution < 1.29 is 9.53 Å². The number of nitrogens with zero attached hydrogens (tertiary/aromatic N) is 3. The maximum absolute atomic E-state index is 11.8. The van der Waals surface area contributed by atoms with Crippen LogP contribution in [0.3, 0.4) is 0 Å². The molecule has 0 aliphatic heterocycles. The average molecular weight is 326 g/mol. The Morgan fingerprint density at radius 2 is 2.37 bits per heavy atom. The van der Waals surface area contributed by atoms with E-state index in [4.69, 9.17) is 10.5 Å². The molecule has 1 heterocycles. The summed E-state index contributed by atoms with van der Waals surface area (Å²) in [6.07, 6.45) is 0. The topological polar surface area (TPSA) is 95.1 Å². The van der Waals surface area contributed by atoms with Gasteiger partial charge < -0.3 is 15.8 Å². The Morgan fingerprint density at radius 3 is 3.00 bits per heavy atom. The van der Waals surface area contributed by atoms with E-state index in [1.165, 1.54) is 4.68 Å². The van der Waals surface area contributed by atoms with Crippen molar-refractivity contribution in [2.24, 2.45) is 0 Å². The van der Waals surface area contributed by atoms with E-state index in [2.05, 4.69) is 31.3 Å². The predicted molar refractivity (Wildman–Crippen MR) is 73.8 cm³/mol. The van der Waals surface area contributed by atoms with Gasteiger partial charge in [0.25, 0.3) is 0 Å². The van der Waals surface area contributed by atoms with Crippen molar-refractivity contribution in [2.45, 2.75) is 6.54 Å². The van der Waals surface area contributed by atoms with Crippen LogP contribution in [0.1, 0.15) is 0 Å². The van der Waals surface area contributed by atoms with Crippen LogP contribution in [-0.2, 0) is 11.3 Å². The second-order valence-corrected chi connectivity index (χ2v) is 4.39. The molecule has 7 nitrogen and oxygen atoms in total. The van der Waals surface area contributed by atoms with Gasteiger partial charge in [-0.2, -0.15) is 4.98 Å². The van der Waals surface area contributed by atoms with E-state index in [1.54, 1.807) is 31.4 Å². The Labute approximate surface area is 117 Å². The highest BCUT2D eigenvalue weighted by Crippen LogP contribution is 2.16. The molecule has 19 heavy (non-hydrogen) atoms. The number of benzene rings is 1. The number of rotatable bonds is 4. The first-order valence-corrected chi connectivity index (χ1v) is 6.17. The summed E-state index contributed by atoms with van der Waals surface area (Å²) in [5.74, 6) is 0.545. The average Bonchev–Trinajstić information content (AvgIpc) is 2.68. The molecule has 0 bridgehead atoms. The quantitative estimate of drug-likeness (QED) is 0.882. The highest BCUT2D eigenvalue weighted by molar-refractivity contribution is 9.10. The highest BCUT2D eigenvalue weighted by Gasteiger charge is 2.10. The Morgan fingerprint density at radius 1 is 1.58 bits per heavy atom. The summed E-state index contributed by atoms with van der Waals surface area (Å²) in [4.78, 5) is 15.7. The summed E-state index contributed by atoms with van der Waals surface area (Å²) in [7, 11) is 1.57. The first-order chi connectivity index (χ1) is 9.08. The van der Waals surface area contributed by atoms with Crippen LogP contribution in [0.4, 0.5) is 11.6 Å². The number of carbonyl (C=O) groups is 1. The normalized spacial score (nSPS) is 10.2. The molecule has 2 aromatic rings. The fourth-order valence-electron chi connectivity index (χ4n) is 1.48. The van der Waals surface area contributed by atoms with Crippen molar-refractivity contribution in [1.29, 1.82) is 0 Å². The van der Waals surface area contributed by atoms with Crippen LogP contribution in [0.15, 0.2) is 29.0 Å². The van der Waals surface area contributed by atoms with Gasteiger partial charge in [0.1, 0.15) is 12.3 Å². The fraction of sp³-hybridized carbons (Fsp3) is 0.182. The summed E-state index contributed by atoms with van der Waals surface area (Å²) >= 11 is 3.16.